The zero-order valence-electron chi connectivity index (χ0n) is 15.6. The van der Waals surface area contributed by atoms with Crippen LogP contribution in [0.5, 0.6) is 5.75 Å². The fourth-order valence-electron chi connectivity index (χ4n) is 2.67. The number of alkyl halides is 1. The number of halogens is 1. The molecule has 3 rings (SSSR count). The molecule has 0 saturated heterocycles. The van der Waals surface area contributed by atoms with Gasteiger partial charge in [-0.15, -0.1) is 11.6 Å². The molecule has 2 aliphatic heterocycles. The third-order valence-corrected chi connectivity index (χ3v) is 4.37. The molecule has 8 heteroatoms. The van der Waals surface area contributed by atoms with Gasteiger partial charge in [-0.2, -0.15) is 0 Å². The molecular weight excluding hydrogens is 384 g/mol. The van der Waals surface area contributed by atoms with Gasteiger partial charge in [0.15, 0.2) is 0 Å². The van der Waals surface area contributed by atoms with E-state index >= 15 is 0 Å². The van der Waals surface area contributed by atoms with E-state index in [0.29, 0.717) is 18.0 Å². The summed E-state index contributed by atoms with van der Waals surface area (Å²) in [5.74, 6) is -0.699. The van der Waals surface area contributed by atoms with Gasteiger partial charge in [-0.1, -0.05) is 25.5 Å². The predicted octanol–water partition coefficient (Wildman–Crippen LogP) is 2.44. The van der Waals surface area contributed by atoms with E-state index in [1.165, 1.54) is 36.3 Å². The van der Waals surface area contributed by atoms with Crippen molar-refractivity contribution >= 4 is 40.9 Å². The molecule has 1 aromatic rings. The molecule has 0 N–H and O–H groups in total. The molecule has 0 radical (unpaired) electrons. The van der Waals surface area contributed by atoms with E-state index < -0.39 is 0 Å². The van der Waals surface area contributed by atoms with Gasteiger partial charge in [0.2, 0.25) is 0 Å². The predicted molar refractivity (Wildman–Crippen MR) is 105 cm³/mol. The molecule has 148 valence electrons. The number of ether oxygens (including phenoxy) is 1. The Morgan fingerprint density at radius 2 is 1.46 bits per heavy atom. The molecule has 0 aromatic heterocycles. The number of anilines is 1. The lowest BCUT2D eigenvalue weighted by molar-refractivity contribution is -0.136. The van der Waals surface area contributed by atoms with Crippen LogP contribution in [0.25, 0.3) is 0 Å². The number of hydrogen-bond donors (Lipinski definition) is 0. The fourth-order valence-corrected chi connectivity index (χ4v) is 3.02. The van der Waals surface area contributed by atoms with Crippen LogP contribution in [0.4, 0.5) is 5.69 Å². The number of amides is 4. The third-order valence-electron chi connectivity index (χ3n) is 4.02. The third kappa shape index (κ3) is 5.07. The SMILES string of the molecule is CCCC(Cl)CN1C(=O)C=CC1=O.COc1ccccc1N1C(=O)C=CC1=O. The number of imide groups is 2. The zero-order valence-corrected chi connectivity index (χ0v) is 16.4. The van der Waals surface area contributed by atoms with E-state index in [-0.39, 0.29) is 29.0 Å². The van der Waals surface area contributed by atoms with Crippen LogP contribution < -0.4 is 9.64 Å². The smallest absolute Gasteiger partial charge is 0.258 e. The number of carbonyl (C=O) groups is 4. The van der Waals surface area contributed by atoms with Crippen LogP contribution in [0.2, 0.25) is 0 Å². The van der Waals surface area contributed by atoms with Crippen molar-refractivity contribution in [2.45, 2.75) is 25.1 Å². The second kappa shape index (κ2) is 9.85. The van der Waals surface area contributed by atoms with E-state index in [1.807, 2.05) is 6.92 Å². The van der Waals surface area contributed by atoms with Crippen LogP contribution in [-0.2, 0) is 19.2 Å². The molecule has 2 heterocycles. The number of carbonyl (C=O) groups excluding carboxylic acids is 4. The summed E-state index contributed by atoms with van der Waals surface area (Å²) in [6.45, 7) is 2.33. The summed E-state index contributed by atoms with van der Waals surface area (Å²) in [7, 11) is 1.50. The summed E-state index contributed by atoms with van der Waals surface area (Å²) < 4.78 is 5.08. The van der Waals surface area contributed by atoms with Gasteiger partial charge in [-0.25, -0.2) is 4.90 Å². The molecular formula is C20H21ClN2O5. The average Bonchev–Trinajstić information content (AvgIpc) is 3.18. The molecule has 4 amide bonds. The molecule has 0 saturated carbocycles. The molecule has 7 nitrogen and oxygen atoms in total. The molecule has 0 aliphatic carbocycles. The highest BCUT2D eigenvalue weighted by molar-refractivity contribution is 6.28. The van der Waals surface area contributed by atoms with Crippen LogP contribution in [0.1, 0.15) is 19.8 Å². The number of para-hydroxylation sites is 2. The molecule has 0 spiro atoms. The highest BCUT2D eigenvalue weighted by atomic mass is 35.5. The van der Waals surface area contributed by atoms with Gasteiger partial charge in [0.05, 0.1) is 18.2 Å². The van der Waals surface area contributed by atoms with Gasteiger partial charge in [-0.05, 0) is 18.6 Å². The number of benzene rings is 1. The highest BCUT2D eigenvalue weighted by Gasteiger charge is 2.27. The first kappa shape index (κ1) is 21.4. The van der Waals surface area contributed by atoms with Crippen LogP contribution in [-0.4, -0.2) is 47.6 Å². The van der Waals surface area contributed by atoms with E-state index in [2.05, 4.69) is 0 Å². The van der Waals surface area contributed by atoms with Gasteiger partial charge in [0.25, 0.3) is 23.6 Å². The minimum Gasteiger partial charge on any atom is -0.495 e. The molecule has 0 fully saturated rings. The first-order valence-electron chi connectivity index (χ1n) is 8.75. The lowest BCUT2D eigenvalue weighted by atomic mass is 10.2. The Morgan fingerprint density at radius 1 is 0.929 bits per heavy atom. The number of nitrogens with zero attached hydrogens (tertiary/aromatic N) is 2. The van der Waals surface area contributed by atoms with Crippen molar-refractivity contribution in [1.82, 2.24) is 4.90 Å². The first-order chi connectivity index (χ1) is 13.4. The minimum atomic E-state index is -0.343. The number of hydrogen-bond acceptors (Lipinski definition) is 5. The highest BCUT2D eigenvalue weighted by Crippen LogP contribution is 2.29. The van der Waals surface area contributed by atoms with E-state index in [1.54, 1.807) is 24.3 Å². The van der Waals surface area contributed by atoms with Crippen molar-refractivity contribution in [2.24, 2.45) is 0 Å². The maximum atomic E-state index is 11.4. The summed E-state index contributed by atoms with van der Waals surface area (Å²) >= 11 is 5.92. The van der Waals surface area contributed by atoms with Crippen molar-refractivity contribution < 1.29 is 23.9 Å². The molecule has 2 aliphatic rings. The lowest BCUT2D eigenvalue weighted by Gasteiger charge is -2.16. The maximum Gasteiger partial charge on any atom is 0.258 e. The van der Waals surface area contributed by atoms with Gasteiger partial charge < -0.3 is 4.74 Å². The average molecular weight is 405 g/mol. The molecule has 28 heavy (non-hydrogen) atoms. The second-order valence-corrected chi connectivity index (χ2v) is 6.64. The molecule has 1 unspecified atom stereocenters. The minimum absolute atomic E-state index is 0.127. The standard InChI is InChI=1S/C11H9NO3.C9H12ClNO2/c1-15-9-5-3-2-4-8(9)12-10(13)6-7-11(12)14;1-2-3-7(10)6-11-8(12)4-5-9(11)13/h2-7H,1H3;4-5,7H,2-3,6H2,1H3. The largest absolute Gasteiger partial charge is 0.495 e. The van der Waals surface area contributed by atoms with Crippen LogP contribution in [0.3, 0.4) is 0 Å². The van der Waals surface area contributed by atoms with Gasteiger partial charge in [-0.3, -0.25) is 24.1 Å². The van der Waals surface area contributed by atoms with E-state index in [4.69, 9.17) is 16.3 Å². The lowest BCUT2D eigenvalue weighted by Crippen LogP contribution is -2.35. The van der Waals surface area contributed by atoms with Crippen LogP contribution in [0.15, 0.2) is 48.6 Å². The molecule has 1 atom stereocenters. The van der Waals surface area contributed by atoms with Crippen molar-refractivity contribution in [1.29, 1.82) is 0 Å². The Kier molecular flexibility index (Phi) is 7.52. The Bertz CT molecular complexity index is 798. The normalized spacial score (nSPS) is 16.5. The Hall–Kier alpha value is -2.93. The van der Waals surface area contributed by atoms with Crippen molar-refractivity contribution in [2.75, 3.05) is 18.6 Å². The summed E-state index contributed by atoms with van der Waals surface area (Å²) in [5.41, 5.74) is 0.472. The van der Waals surface area contributed by atoms with Gasteiger partial charge in [0.1, 0.15) is 5.75 Å². The summed E-state index contributed by atoms with van der Waals surface area (Å²) in [6.07, 6.45) is 6.82. The van der Waals surface area contributed by atoms with Crippen LogP contribution >= 0.6 is 11.6 Å². The first-order valence-corrected chi connectivity index (χ1v) is 9.19. The second-order valence-electron chi connectivity index (χ2n) is 6.02. The fraction of sp³-hybridized carbons (Fsp3) is 0.300. The zero-order chi connectivity index (χ0) is 20.7. The maximum absolute atomic E-state index is 11.4. The molecule has 0 bridgehead atoms. The van der Waals surface area contributed by atoms with Crippen molar-refractivity contribution in [3.8, 4) is 5.75 Å². The number of rotatable bonds is 6. The Labute approximate surface area is 168 Å². The van der Waals surface area contributed by atoms with Crippen molar-refractivity contribution in [3.05, 3.63) is 48.6 Å². The van der Waals surface area contributed by atoms with Crippen molar-refractivity contribution in [3.63, 3.8) is 0 Å². The van der Waals surface area contributed by atoms with E-state index in [0.717, 1.165) is 17.7 Å². The summed E-state index contributed by atoms with van der Waals surface area (Å²) in [6, 6.07) is 6.90. The van der Waals surface area contributed by atoms with Gasteiger partial charge in [0, 0.05) is 30.8 Å². The van der Waals surface area contributed by atoms with E-state index in [9.17, 15) is 19.2 Å². The monoisotopic (exact) mass is 404 g/mol. The number of methoxy groups -OCH3 is 1. The summed E-state index contributed by atoms with van der Waals surface area (Å²) in [4.78, 5) is 47.3. The summed E-state index contributed by atoms with van der Waals surface area (Å²) in [5, 5.41) is -0.127. The Morgan fingerprint density at radius 3 is 2.00 bits per heavy atom. The topological polar surface area (TPSA) is 84.0 Å². The quantitative estimate of drug-likeness (QED) is 0.537. The molecule has 1 aromatic carbocycles. The van der Waals surface area contributed by atoms with Gasteiger partial charge >= 0.3 is 0 Å². The Balaban J connectivity index is 0.000000203. The van der Waals surface area contributed by atoms with Crippen LogP contribution in [0, 0.1) is 0 Å².